The van der Waals surface area contributed by atoms with Crippen molar-refractivity contribution in [2.45, 2.75) is 129 Å². The van der Waals surface area contributed by atoms with Crippen molar-refractivity contribution in [2.24, 2.45) is 0 Å². The Morgan fingerprint density at radius 1 is 0.508 bits per heavy atom. The summed E-state index contributed by atoms with van der Waals surface area (Å²) in [5.41, 5.74) is 0. The number of hydrogen-bond donors (Lipinski definition) is 1. The van der Waals surface area contributed by atoms with E-state index in [-0.39, 0.29) is 42.7 Å². The van der Waals surface area contributed by atoms with Crippen molar-refractivity contribution < 1.29 is 38.2 Å². The molecule has 0 heterocycles. The van der Waals surface area contributed by atoms with Gasteiger partial charge in [0.1, 0.15) is 6.61 Å². The largest absolute Gasteiger partial charge is 0.477 e. The summed E-state index contributed by atoms with van der Waals surface area (Å²) < 4.78 is 17.2. The van der Waals surface area contributed by atoms with Crippen LogP contribution < -0.4 is 0 Å². The molecule has 0 rings (SSSR count). The van der Waals surface area contributed by atoms with Crippen molar-refractivity contribution in [3.05, 3.63) is 146 Å². The normalized spacial score (nSPS) is 14.3. The average Bonchev–Trinajstić information content (AvgIpc) is 3.22. The summed E-state index contributed by atoms with van der Waals surface area (Å²) in [7, 11) is 5.48. The number of nitrogens with zero attached hydrogens (tertiary/aromatic N) is 1. The number of esters is 2. The number of carboxylic acid groups (broad SMARTS) is 1. The highest BCUT2D eigenvalue weighted by atomic mass is 16.6. The Labute approximate surface area is 370 Å². The van der Waals surface area contributed by atoms with E-state index >= 15 is 0 Å². The summed E-state index contributed by atoms with van der Waals surface area (Å²) in [4.78, 5) is 37.0. The first-order chi connectivity index (χ1) is 29.6. The number of rotatable bonds is 37. The van der Waals surface area contributed by atoms with Crippen LogP contribution in [0.5, 0.6) is 0 Å². The molecular weight excluding hydrogens is 763 g/mol. The number of likely N-dealkylation sites (N-methyl/N-ethyl adjacent to an activating group) is 1. The fourth-order valence-electron chi connectivity index (χ4n) is 5.57. The second kappa shape index (κ2) is 41.9. The van der Waals surface area contributed by atoms with E-state index in [0.717, 1.165) is 70.6 Å². The molecule has 0 bridgehead atoms. The molecule has 0 aliphatic rings. The number of hydrogen-bond acceptors (Lipinski definition) is 6. The Kier molecular flexibility index (Phi) is 38.6. The first kappa shape index (κ1) is 56.2. The molecule has 2 unspecified atom stereocenters. The first-order valence-electron chi connectivity index (χ1n) is 22.5. The topological polar surface area (TPSA) is 99.1 Å². The Hall–Kier alpha value is -4.79. The number of unbranched alkanes of at least 4 members (excludes halogenated alkanes) is 9. The Balaban J connectivity index is 4.55. The van der Waals surface area contributed by atoms with E-state index in [1.807, 2.05) is 131 Å². The quantitative estimate of drug-likeness (QED) is 0.0288. The molecule has 1 N–H and O–H groups in total. The number of carbonyl (C=O) groups is 3. The molecule has 338 valence electrons. The molecule has 0 saturated carbocycles. The number of quaternary nitrogens is 1. The molecule has 0 fully saturated rings. The fraction of sp³-hybridized carbons (Fsp3) is 0.491. The van der Waals surface area contributed by atoms with Crippen LogP contribution in [0.2, 0.25) is 0 Å². The summed E-state index contributed by atoms with van der Waals surface area (Å²) in [6.07, 6.45) is 61.7. The second-order valence-corrected chi connectivity index (χ2v) is 15.5. The van der Waals surface area contributed by atoms with Crippen LogP contribution in [-0.4, -0.2) is 80.6 Å². The molecular formula is C53H80NO7+. The van der Waals surface area contributed by atoms with Crippen LogP contribution in [0.1, 0.15) is 117 Å². The average molecular weight is 843 g/mol. The van der Waals surface area contributed by atoms with Crippen molar-refractivity contribution in [3.63, 3.8) is 0 Å². The van der Waals surface area contributed by atoms with Crippen molar-refractivity contribution in [2.75, 3.05) is 41.0 Å². The van der Waals surface area contributed by atoms with E-state index in [0.29, 0.717) is 19.3 Å². The van der Waals surface area contributed by atoms with Crippen LogP contribution in [0, 0.1) is 0 Å². The molecule has 0 spiro atoms. The van der Waals surface area contributed by atoms with Crippen molar-refractivity contribution in [1.29, 1.82) is 0 Å². The first-order valence-corrected chi connectivity index (χ1v) is 22.5. The van der Waals surface area contributed by atoms with E-state index in [1.54, 1.807) is 0 Å². The van der Waals surface area contributed by atoms with E-state index in [9.17, 15) is 19.5 Å². The van der Waals surface area contributed by atoms with Gasteiger partial charge in [-0.3, -0.25) is 9.59 Å². The van der Waals surface area contributed by atoms with Crippen LogP contribution in [-0.2, 0) is 28.6 Å². The third-order valence-electron chi connectivity index (χ3n) is 9.03. The van der Waals surface area contributed by atoms with E-state index < -0.39 is 18.1 Å². The van der Waals surface area contributed by atoms with Crippen LogP contribution in [0.3, 0.4) is 0 Å². The van der Waals surface area contributed by atoms with Gasteiger partial charge in [-0.25, -0.2) is 4.79 Å². The van der Waals surface area contributed by atoms with Gasteiger partial charge in [0.15, 0.2) is 12.1 Å². The zero-order valence-corrected chi connectivity index (χ0v) is 38.3. The van der Waals surface area contributed by atoms with Crippen LogP contribution in [0.15, 0.2) is 146 Å². The third kappa shape index (κ3) is 40.4. The summed E-state index contributed by atoms with van der Waals surface area (Å²) in [5.74, 6) is -1.59. The molecule has 0 aliphatic carbocycles. The molecule has 8 nitrogen and oxygen atoms in total. The molecule has 0 aromatic carbocycles. The molecule has 2 atom stereocenters. The molecule has 0 amide bonds. The van der Waals surface area contributed by atoms with Crippen LogP contribution in [0.25, 0.3) is 0 Å². The predicted octanol–water partition coefficient (Wildman–Crippen LogP) is 12.6. The Morgan fingerprint density at radius 2 is 0.918 bits per heavy atom. The van der Waals surface area contributed by atoms with Gasteiger partial charge in [-0.15, -0.1) is 0 Å². The number of carboxylic acids is 1. The van der Waals surface area contributed by atoms with Crippen molar-refractivity contribution in [1.82, 2.24) is 0 Å². The lowest BCUT2D eigenvalue weighted by molar-refractivity contribution is -0.887. The number of carbonyl (C=O) groups excluding carboxylic acids is 2. The minimum Gasteiger partial charge on any atom is -0.477 e. The summed E-state index contributed by atoms with van der Waals surface area (Å²) in [5, 5.41) is 9.63. The van der Waals surface area contributed by atoms with Gasteiger partial charge in [-0.1, -0.05) is 192 Å². The lowest BCUT2D eigenvalue weighted by Crippen LogP contribution is -2.50. The van der Waals surface area contributed by atoms with E-state index in [1.165, 1.54) is 6.42 Å². The molecule has 0 aromatic heterocycles. The highest BCUT2D eigenvalue weighted by molar-refractivity contribution is 5.72. The zero-order chi connectivity index (χ0) is 44.9. The van der Waals surface area contributed by atoms with Gasteiger partial charge in [0.25, 0.3) is 0 Å². The maximum atomic E-state index is 12.7. The maximum absolute atomic E-state index is 12.7. The lowest BCUT2D eigenvalue weighted by atomic mass is 10.1. The van der Waals surface area contributed by atoms with Crippen LogP contribution in [0.4, 0.5) is 0 Å². The molecule has 61 heavy (non-hydrogen) atoms. The molecule has 8 heteroatoms. The predicted molar refractivity (Wildman–Crippen MR) is 256 cm³/mol. The SMILES string of the molecule is CC/C=C/C=C/C=C/C=C/C=C/C=C/C=C/CCCCCC(=O)OC(COCCC(C(=O)O)[N+](C)(C)C)COC(=O)CCCCCCC/C=C/C=C/C=C/C=C/C=C/CCC. The lowest BCUT2D eigenvalue weighted by Gasteiger charge is -2.31. The standard InChI is InChI=1S/C53H79NO7/c1-6-8-10-12-14-16-18-20-22-24-26-28-30-32-34-36-38-40-42-44-52(56)61-49(47-59-46-45-50(53(57)58)54(3,4)5)48-60-51(55)43-41-39-37-35-33-31-29-27-25-23-21-19-17-15-13-11-9-7-2/h8,10-30,32,34,49-50H,6-7,9,31,33,35-48H2,1-5H3/p+1/b10-8+,13-11+,14-12+,17-15+,18-16+,21-19+,22-20+,25-23+,26-24+,29-27+,30-28+,34-32+. The monoisotopic (exact) mass is 843 g/mol. The summed E-state index contributed by atoms with van der Waals surface area (Å²) in [6, 6.07) is -0.639. The Morgan fingerprint density at radius 3 is 1.38 bits per heavy atom. The number of ether oxygens (including phenoxy) is 3. The Bertz CT molecular complexity index is 1490. The summed E-state index contributed by atoms with van der Waals surface area (Å²) >= 11 is 0. The molecule has 0 aromatic rings. The van der Waals surface area contributed by atoms with Gasteiger partial charge in [-0.05, 0) is 51.4 Å². The van der Waals surface area contributed by atoms with Crippen LogP contribution >= 0.6 is 0 Å². The van der Waals surface area contributed by atoms with Gasteiger partial charge in [0.05, 0.1) is 34.4 Å². The molecule has 0 saturated heterocycles. The minimum atomic E-state index is -0.896. The maximum Gasteiger partial charge on any atom is 0.362 e. The highest BCUT2D eigenvalue weighted by Crippen LogP contribution is 2.12. The van der Waals surface area contributed by atoms with Gasteiger partial charge in [0.2, 0.25) is 0 Å². The van der Waals surface area contributed by atoms with E-state index in [2.05, 4.69) is 50.3 Å². The molecule has 0 radical (unpaired) electrons. The van der Waals surface area contributed by atoms with Gasteiger partial charge in [0, 0.05) is 19.3 Å². The third-order valence-corrected chi connectivity index (χ3v) is 9.03. The minimum absolute atomic E-state index is 0.0213. The van der Waals surface area contributed by atoms with E-state index in [4.69, 9.17) is 14.2 Å². The fourth-order valence-corrected chi connectivity index (χ4v) is 5.57. The smallest absolute Gasteiger partial charge is 0.362 e. The highest BCUT2D eigenvalue weighted by Gasteiger charge is 2.31. The van der Waals surface area contributed by atoms with Crippen molar-refractivity contribution >= 4 is 17.9 Å². The van der Waals surface area contributed by atoms with Gasteiger partial charge < -0.3 is 23.8 Å². The van der Waals surface area contributed by atoms with Gasteiger partial charge in [-0.2, -0.15) is 0 Å². The molecule has 0 aliphatic heterocycles. The second-order valence-electron chi connectivity index (χ2n) is 15.5. The van der Waals surface area contributed by atoms with Gasteiger partial charge >= 0.3 is 17.9 Å². The van der Waals surface area contributed by atoms with Crippen molar-refractivity contribution in [3.8, 4) is 0 Å². The zero-order valence-electron chi connectivity index (χ0n) is 38.3. The number of aliphatic carboxylic acids is 1. The summed E-state index contributed by atoms with van der Waals surface area (Å²) in [6.45, 7) is 4.38. The number of allylic oxidation sites excluding steroid dienone is 24.